The van der Waals surface area contributed by atoms with E-state index in [0.717, 1.165) is 16.7 Å². The number of pyridine rings is 1. The van der Waals surface area contributed by atoms with Crippen LogP contribution in [0.4, 0.5) is 0 Å². The summed E-state index contributed by atoms with van der Waals surface area (Å²) in [7, 11) is 1.56. The smallest absolute Gasteiger partial charge is 0.244 e. The Morgan fingerprint density at radius 1 is 1.15 bits per heavy atom. The fourth-order valence-electron chi connectivity index (χ4n) is 4.07. The van der Waals surface area contributed by atoms with Crippen molar-refractivity contribution in [1.82, 2.24) is 40.5 Å². The number of hydrogen-bond donors (Lipinski definition) is 2. The molecule has 2 aromatic carbocycles. The highest BCUT2D eigenvalue weighted by molar-refractivity contribution is 6.32. The number of carbonyl (C=O) groups is 1. The van der Waals surface area contributed by atoms with E-state index in [9.17, 15) is 4.79 Å². The Balaban J connectivity index is 1.42. The van der Waals surface area contributed by atoms with E-state index in [2.05, 4.69) is 30.8 Å². The summed E-state index contributed by atoms with van der Waals surface area (Å²) in [6.45, 7) is 2.01. The normalized spacial score (nSPS) is 12.0. The third-order valence-electron chi connectivity index (χ3n) is 6.10. The average Bonchev–Trinajstić information content (AvgIpc) is 3.63. The van der Waals surface area contributed by atoms with Crippen LogP contribution in [-0.2, 0) is 11.2 Å². The molecule has 202 valence electrons. The van der Waals surface area contributed by atoms with Crippen molar-refractivity contribution < 1.29 is 9.53 Å². The van der Waals surface area contributed by atoms with E-state index < -0.39 is 6.04 Å². The zero-order valence-corrected chi connectivity index (χ0v) is 23.1. The number of rotatable bonds is 9. The van der Waals surface area contributed by atoms with Crippen molar-refractivity contribution in [3.63, 3.8) is 0 Å². The number of ether oxygens (including phenoxy) is 1. The van der Waals surface area contributed by atoms with E-state index in [1.807, 2.05) is 37.3 Å². The second-order valence-corrected chi connectivity index (χ2v) is 9.73. The number of nitrogens with zero attached hydrogens (tertiary/aromatic N) is 6. The van der Waals surface area contributed by atoms with Crippen molar-refractivity contribution >= 4 is 35.2 Å². The first-order chi connectivity index (χ1) is 19.4. The van der Waals surface area contributed by atoms with Gasteiger partial charge in [-0.25, -0.2) is 9.97 Å². The van der Waals surface area contributed by atoms with Gasteiger partial charge in [0, 0.05) is 40.9 Å². The van der Waals surface area contributed by atoms with Crippen LogP contribution in [0.3, 0.4) is 0 Å². The van der Waals surface area contributed by atoms with Crippen LogP contribution in [0.2, 0.25) is 10.2 Å². The molecule has 0 radical (unpaired) electrons. The van der Waals surface area contributed by atoms with Gasteiger partial charge in [0.1, 0.15) is 23.0 Å². The van der Waals surface area contributed by atoms with E-state index in [0.29, 0.717) is 45.2 Å². The number of benzene rings is 2. The Hall–Kier alpha value is -4.54. The molecule has 10 nitrogen and oxygen atoms in total. The maximum absolute atomic E-state index is 13.2. The molecular formula is C28H24Cl2N8O2. The Labute approximate surface area is 240 Å². The number of aromatic nitrogens is 7. The summed E-state index contributed by atoms with van der Waals surface area (Å²) >= 11 is 12.8. The molecule has 12 heteroatoms. The highest BCUT2D eigenvalue weighted by atomic mass is 35.5. The number of aryl methyl sites for hydroxylation is 1. The number of aromatic amines is 1. The Morgan fingerprint density at radius 3 is 2.67 bits per heavy atom. The van der Waals surface area contributed by atoms with Crippen molar-refractivity contribution in [3.8, 4) is 22.8 Å². The molecule has 2 N–H and O–H groups in total. The number of H-pyrrole nitrogens is 1. The lowest BCUT2D eigenvalue weighted by atomic mass is 10.1. The van der Waals surface area contributed by atoms with Crippen molar-refractivity contribution in [3.05, 3.63) is 106 Å². The van der Waals surface area contributed by atoms with Crippen molar-refractivity contribution in [2.24, 2.45) is 0 Å². The minimum atomic E-state index is -0.539. The summed E-state index contributed by atoms with van der Waals surface area (Å²) in [4.78, 5) is 25.4. The SMILES string of the molecule is COc1ccc(C[C@H](NC(=O)/C=C/c2cc(Cl)ccc2-n2cnnn2)c2nc(-c3ccc(C)cc3)c(Cl)[nH]2)cn1. The maximum atomic E-state index is 13.2. The van der Waals surface area contributed by atoms with E-state index in [-0.39, 0.29) is 5.91 Å². The lowest BCUT2D eigenvalue weighted by molar-refractivity contribution is -0.117. The molecule has 0 aliphatic heterocycles. The molecule has 3 aromatic heterocycles. The molecule has 0 aliphatic rings. The molecule has 5 rings (SSSR count). The summed E-state index contributed by atoms with van der Waals surface area (Å²) in [6, 6.07) is 16.2. The van der Waals surface area contributed by atoms with Crippen LogP contribution in [0.5, 0.6) is 5.88 Å². The summed E-state index contributed by atoms with van der Waals surface area (Å²) in [6.07, 6.45) is 6.64. The van der Waals surface area contributed by atoms with Gasteiger partial charge in [0.05, 0.1) is 18.8 Å². The Morgan fingerprint density at radius 2 is 1.98 bits per heavy atom. The molecule has 1 atom stereocenters. The van der Waals surface area contributed by atoms with Crippen molar-refractivity contribution in [2.75, 3.05) is 7.11 Å². The van der Waals surface area contributed by atoms with E-state index in [1.54, 1.807) is 43.6 Å². The molecule has 3 heterocycles. The van der Waals surface area contributed by atoms with Gasteiger partial charge in [-0.3, -0.25) is 4.79 Å². The molecule has 40 heavy (non-hydrogen) atoms. The standard InChI is InChI=1S/C28H24Cl2N8O2/c1-17-3-6-19(7-4-17)26-27(30)35-28(34-26)22(13-18-5-12-25(40-2)31-15-18)33-24(39)11-8-20-14-21(29)9-10-23(20)38-16-32-36-37-38/h3-12,14-16,22H,13H2,1-2H3,(H,33,39)(H,34,35)/b11-8+/t22-/m0/s1. The minimum absolute atomic E-state index is 0.349. The predicted octanol–water partition coefficient (Wildman–Crippen LogP) is 5.18. The molecule has 5 aromatic rings. The van der Waals surface area contributed by atoms with Gasteiger partial charge in [0.25, 0.3) is 0 Å². The molecule has 0 bridgehead atoms. The largest absolute Gasteiger partial charge is 0.481 e. The highest BCUT2D eigenvalue weighted by Crippen LogP contribution is 2.29. The van der Waals surface area contributed by atoms with Gasteiger partial charge in [-0.2, -0.15) is 4.68 Å². The number of halogens is 2. The molecule has 0 saturated carbocycles. The number of methoxy groups -OCH3 is 1. The number of carbonyl (C=O) groups excluding carboxylic acids is 1. The van der Waals surface area contributed by atoms with Crippen LogP contribution in [0.1, 0.15) is 28.6 Å². The Bertz CT molecular complexity index is 1630. The van der Waals surface area contributed by atoms with Crippen LogP contribution in [0.25, 0.3) is 23.0 Å². The van der Waals surface area contributed by atoms with Gasteiger partial charge >= 0.3 is 0 Å². The number of hydrogen-bond acceptors (Lipinski definition) is 7. The summed E-state index contributed by atoms with van der Waals surface area (Å²) in [5.41, 5.74) is 4.79. The lowest BCUT2D eigenvalue weighted by Gasteiger charge is -2.16. The molecular weight excluding hydrogens is 551 g/mol. The Kier molecular flexibility index (Phi) is 8.18. The topological polar surface area (TPSA) is 123 Å². The predicted molar refractivity (Wildman–Crippen MR) is 152 cm³/mol. The van der Waals surface area contributed by atoms with Crippen LogP contribution in [0.15, 0.2) is 73.2 Å². The number of amides is 1. The molecule has 0 saturated heterocycles. The first-order valence-electron chi connectivity index (χ1n) is 12.2. The molecule has 0 aliphatic carbocycles. The highest BCUT2D eigenvalue weighted by Gasteiger charge is 2.21. The summed E-state index contributed by atoms with van der Waals surface area (Å²) in [5, 5.41) is 15.2. The molecule has 0 fully saturated rings. The summed E-state index contributed by atoms with van der Waals surface area (Å²) < 4.78 is 6.66. The second kappa shape index (κ2) is 12.1. The van der Waals surface area contributed by atoms with Gasteiger partial charge in [-0.1, -0.05) is 59.1 Å². The monoisotopic (exact) mass is 574 g/mol. The second-order valence-electron chi connectivity index (χ2n) is 8.92. The van der Waals surface area contributed by atoms with E-state index in [4.69, 9.17) is 32.9 Å². The third kappa shape index (κ3) is 6.36. The lowest BCUT2D eigenvalue weighted by Crippen LogP contribution is -2.29. The minimum Gasteiger partial charge on any atom is -0.481 e. The van der Waals surface area contributed by atoms with Gasteiger partial charge in [0.15, 0.2) is 0 Å². The quantitative estimate of drug-likeness (QED) is 0.232. The summed E-state index contributed by atoms with van der Waals surface area (Å²) in [5.74, 6) is 0.656. The maximum Gasteiger partial charge on any atom is 0.244 e. The number of tetrazole rings is 1. The fourth-order valence-corrected chi connectivity index (χ4v) is 4.49. The van der Waals surface area contributed by atoms with Crippen molar-refractivity contribution in [2.45, 2.75) is 19.4 Å². The van der Waals surface area contributed by atoms with E-state index >= 15 is 0 Å². The molecule has 0 spiro atoms. The van der Waals surface area contributed by atoms with Gasteiger partial charge < -0.3 is 15.0 Å². The van der Waals surface area contributed by atoms with Crippen LogP contribution < -0.4 is 10.1 Å². The van der Waals surface area contributed by atoms with Gasteiger partial charge in [-0.05, 0) is 47.2 Å². The van der Waals surface area contributed by atoms with E-state index in [1.165, 1.54) is 17.1 Å². The van der Waals surface area contributed by atoms with Gasteiger partial charge in [0.2, 0.25) is 11.8 Å². The van der Waals surface area contributed by atoms with Gasteiger partial charge in [-0.15, -0.1) is 5.10 Å². The first kappa shape index (κ1) is 27.0. The van der Waals surface area contributed by atoms with Crippen LogP contribution >= 0.6 is 23.2 Å². The van der Waals surface area contributed by atoms with Crippen LogP contribution in [-0.4, -0.2) is 48.2 Å². The number of imidazole rings is 1. The average molecular weight is 575 g/mol. The molecule has 1 amide bonds. The fraction of sp³-hybridized carbons (Fsp3) is 0.143. The molecule has 0 unspecified atom stereocenters. The third-order valence-corrected chi connectivity index (χ3v) is 6.60. The first-order valence-corrected chi connectivity index (χ1v) is 13.0. The van der Waals surface area contributed by atoms with Crippen molar-refractivity contribution in [1.29, 1.82) is 0 Å². The number of nitrogens with one attached hydrogen (secondary N) is 2. The van der Waals surface area contributed by atoms with Crippen LogP contribution in [0, 0.1) is 6.92 Å². The zero-order valence-electron chi connectivity index (χ0n) is 21.5. The zero-order chi connectivity index (χ0) is 28.1.